The first kappa shape index (κ1) is 20.9. The number of hydrogen-bond donors (Lipinski definition) is 5. The Morgan fingerprint density at radius 2 is 1.63 bits per heavy atom. The molecule has 5 N–H and O–H groups in total. The molecule has 1 aromatic carbocycles. The van der Waals surface area contributed by atoms with Crippen LogP contribution in [0.2, 0.25) is 5.02 Å². The number of rotatable bonds is 3. The third kappa shape index (κ3) is 3.25. The molecule has 4 saturated carbocycles. The van der Waals surface area contributed by atoms with Crippen LogP contribution in [0.4, 0.5) is 0 Å². The van der Waals surface area contributed by atoms with E-state index in [9.17, 15) is 25.5 Å². The smallest absolute Gasteiger partial charge is 0.222 e. The molecular formula is C23H29ClO6. The Kier molecular flexibility index (Phi) is 5.26. The Hall–Kier alpha value is -0.990. The SMILES string of the molecule is OC[C@H]1O[C@](O)(c2ccc(Cl)c(C=C3C4CC5CC(C4)CC3C5)c2)[C@H](O)[C@@H](O)[C@@H]1O. The number of hydrogen-bond acceptors (Lipinski definition) is 6. The van der Waals surface area contributed by atoms with Gasteiger partial charge in [-0.15, -0.1) is 0 Å². The fourth-order valence-electron chi connectivity index (χ4n) is 6.41. The highest BCUT2D eigenvalue weighted by Gasteiger charge is 2.53. The van der Waals surface area contributed by atoms with E-state index in [1.165, 1.54) is 43.7 Å². The van der Waals surface area contributed by atoms with Gasteiger partial charge in [0, 0.05) is 10.6 Å². The summed E-state index contributed by atoms with van der Waals surface area (Å²) < 4.78 is 5.47. The second-order valence-corrected chi connectivity index (χ2v) is 10.1. The summed E-state index contributed by atoms with van der Waals surface area (Å²) in [6.45, 7) is -0.608. The lowest BCUT2D eigenvalue weighted by atomic mass is 9.54. The van der Waals surface area contributed by atoms with Crippen molar-refractivity contribution < 1.29 is 30.3 Å². The zero-order valence-electron chi connectivity index (χ0n) is 16.7. The van der Waals surface area contributed by atoms with Crippen molar-refractivity contribution in [3.8, 4) is 0 Å². The monoisotopic (exact) mass is 436 g/mol. The van der Waals surface area contributed by atoms with Gasteiger partial charge >= 0.3 is 0 Å². The van der Waals surface area contributed by atoms with Gasteiger partial charge in [0.05, 0.1) is 6.61 Å². The van der Waals surface area contributed by atoms with E-state index in [0.717, 1.165) is 17.4 Å². The number of benzene rings is 1. The van der Waals surface area contributed by atoms with E-state index < -0.39 is 36.8 Å². The first-order valence-electron chi connectivity index (χ1n) is 10.9. The van der Waals surface area contributed by atoms with E-state index >= 15 is 0 Å². The van der Waals surface area contributed by atoms with Crippen LogP contribution in [-0.4, -0.2) is 56.6 Å². The van der Waals surface area contributed by atoms with Gasteiger partial charge in [-0.25, -0.2) is 0 Å². The van der Waals surface area contributed by atoms with Crippen LogP contribution in [0.25, 0.3) is 6.08 Å². The summed E-state index contributed by atoms with van der Waals surface area (Å²) in [5.74, 6) is 0.615. The molecule has 6 rings (SSSR count). The average molecular weight is 437 g/mol. The maximum absolute atomic E-state index is 11.1. The molecule has 1 aliphatic heterocycles. The average Bonchev–Trinajstić information content (AvgIpc) is 2.72. The van der Waals surface area contributed by atoms with Gasteiger partial charge in [0.2, 0.25) is 5.79 Å². The lowest BCUT2D eigenvalue weighted by Gasteiger charge is -2.51. The molecule has 5 fully saturated rings. The largest absolute Gasteiger partial charge is 0.394 e. The van der Waals surface area contributed by atoms with Crippen LogP contribution < -0.4 is 0 Å². The molecular weight excluding hydrogens is 408 g/mol. The molecule has 4 bridgehead atoms. The van der Waals surface area contributed by atoms with Crippen LogP contribution in [0.3, 0.4) is 0 Å². The molecule has 6 nitrogen and oxygen atoms in total. The molecule has 1 aromatic rings. The van der Waals surface area contributed by atoms with Crippen molar-refractivity contribution in [3.05, 3.63) is 39.9 Å². The first-order valence-corrected chi connectivity index (χ1v) is 11.2. The second kappa shape index (κ2) is 7.55. The number of ether oxygens (including phenoxy) is 1. The summed E-state index contributed by atoms with van der Waals surface area (Å²) in [5.41, 5.74) is 2.39. The predicted octanol–water partition coefficient (Wildman–Crippen LogP) is 1.80. The second-order valence-electron chi connectivity index (χ2n) is 9.65. The first-order chi connectivity index (χ1) is 14.3. The zero-order chi connectivity index (χ0) is 21.2. The van der Waals surface area contributed by atoms with Gasteiger partial charge in [-0.1, -0.05) is 29.3 Å². The Labute approximate surface area is 180 Å². The topological polar surface area (TPSA) is 110 Å². The highest BCUT2D eigenvalue weighted by atomic mass is 35.5. The van der Waals surface area contributed by atoms with E-state index in [0.29, 0.717) is 16.9 Å². The molecule has 7 heteroatoms. The van der Waals surface area contributed by atoms with Crippen molar-refractivity contribution in [2.45, 2.75) is 62.3 Å². The van der Waals surface area contributed by atoms with Crippen molar-refractivity contribution in [3.63, 3.8) is 0 Å². The maximum Gasteiger partial charge on any atom is 0.222 e. The minimum Gasteiger partial charge on any atom is -0.394 e. The standard InChI is InChI=1S/C23H29ClO6/c24-18-2-1-16(23(29)22(28)21(27)20(26)19(10-25)30-23)8-15(18)9-17-13-4-11-3-12(6-13)7-14(17)5-11/h1-2,8-9,11-14,19-22,25-29H,3-7,10H2/t11?,12?,13?,14?,19-,20-,21+,22-,23-/m1/s1. The summed E-state index contributed by atoms with van der Waals surface area (Å²) in [6, 6.07) is 4.84. The molecule has 1 saturated heterocycles. The Balaban J connectivity index is 1.50. The quantitative estimate of drug-likeness (QED) is 0.494. The zero-order valence-corrected chi connectivity index (χ0v) is 17.4. The van der Waals surface area contributed by atoms with E-state index in [4.69, 9.17) is 16.3 Å². The Morgan fingerprint density at radius 1 is 1.00 bits per heavy atom. The van der Waals surface area contributed by atoms with Gasteiger partial charge in [-0.2, -0.15) is 0 Å². The van der Waals surface area contributed by atoms with Crippen molar-refractivity contribution >= 4 is 17.7 Å². The van der Waals surface area contributed by atoms with Crippen LogP contribution in [0, 0.1) is 23.7 Å². The minimum atomic E-state index is -2.27. The maximum atomic E-state index is 11.1. The molecule has 30 heavy (non-hydrogen) atoms. The third-order valence-corrected chi connectivity index (χ3v) is 8.12. The lowest BCUT2D eigenvalue weighted by molar-refractivity contribution is -0.357. The molecule has 1 heterocycles. The molecule has 0 unspecified atom stereocenters. The fraction of sp³-hybridized carbons (Fsp3) is 0.652. The van der Waals surface area contributed by atoms with E-state index in [1.807, 2.05) is 0 Å². The summed E-state index contributed by atoms with van der Waals surface area (Å²) in [5, 5.41) is 51.7. The van der Waals surface area contributed by atoms with Gasteiger partial charge in [-0.05, 0) is 73.5 Å². The van der Waals surface area contributed by atoms with Crippen LogP contribution >= 0.6 is 11.6 Å². The Morgan fingerprint density at radius 3 is 2.23 bits per heavy atom. The van der Waals surface area contributed by atoms with Crippen molar-refractivity contribution in [2.75, 3.05) is 6.61 Å². The van der Waals surface area contributed by atoms with Crippen molar-refractivity contribution in [1.29, 1.82) is 0 Å². The molecule has 0 spiro atoms. The molecule has 0 radical (unpaired) electrons. The summed E-state index contributed by atoms with van der Waals surface area (Å²) >= 11 is 6.48. The van der Waals surface area contributed by atoms with Gasteiger partial charge in [-0.3, -0.25) is 0 Å². The van der Waals surface area contributed by atoms with Gasteiger partial charge in [0.15, 0.2) is 0 Å². The number of halogens is 1. The highest BCUT2D eigenvalue weighted by Crippen LogP contribution is 2.56. The molecule has 5 atom stereocenters. The van der Waals surface area contributed by atoms with Crippen LogP contribution in [0.1, 0.15) is 43.2 Å². The summed E-state index contributed by atoms with van der Waals surface area (Å²) in [4.78, 5) is 0. The third-order valence-electron chi connectivity index (χ3n) is 7.78. The van der Waals surface area contributed by atoms with Crippen LogP contribution in [0.15, 0.2) is 23.8 Å². The van der Waals surface area contributed by atoms with E-state index in [1.54, 1.807) is 12.1 Å². The van der Waals surface area contributed by atoms with Gasteiger partial charge in [0.25, 0.3) is 0 Å². The molecule has 5 aliphatic rings. The Bertz CT molecular complexity index is 824. The molecule has 4 aliphatic carbocycles. The van der Waals surface area contributed by atoms with Crippen LogP contribution in [-0.2, 0) is 10.5 Å². The fourth-order valence-corrected chi connectivity index (χ4v) is 6.59. The predicted molar refractivity (Wildman–Crippen MR) is 110 cm³/mol. The molecule has 0 aromatic heterocycles. The van der Waals surface area contributed by atoms with E-state index in [-0.39, 0.29) is 5.56 Å². The van der Waals surface area contributed by atoms with Crippen LogP contribution in [0.5, 0.6) is 0 Å². The van der Waals surface area contributed by atoms with Crippen molar-refractivity contribution in [1.82, 2.24) is 0 Å². The molecule has 164 valence electrons. The minimum absolute atomic E-state index is 0.222. The number of allylic oxidation sites excluding steroid dienone is 1. The lowest BCUT2D eigenvalue weighted by Crippen LogP contribution is -2.63. The molecule has 0 amide bonds. The summed E-state index contributed by atoms with van der Waals surface area (Å²) in [6.07, 6.45) is 2.29. The highest BCUT2D eigenvalue weighted by molar-refractivity contribution is 6.32. The summed E-state index contributed by atoms with van der Waals surface area (Å²) in [7, 11) is 0. The number of aliphatic hydroxyl groups is 5. The number of aliphatic hydroxyl groups excluding tert-OH is 4. The van der Waals surface area contributed by atoms with Gasteiger partial charge < -0.3 is 30.3 Å². The van der Waals surface area contributed by atoms with E-state index in [2.05, 4.69) is 6.08 Å². The van der Waals surface area contributed by atoms with Crippen molar-refractivity contribution in [2.24, 2.45) is 23.7 Å². The van der Waals surface area contributed by atoms with Gasteiger partial charge in [0.1, 0.15) is 24.4 Å². The normalized spacial score (nSPS) is 45.1.